The molecule has 27 heavy (non-hydrogen) atoms. The maximum Gasteiger partial charge on any atom is 0.272 e. The van der Waals surface area contributed by atoms with E-state index in [1.807, 2.05) is 31.9 Å². The van der Waals surface area contributed by atoms with E-state index in [1.165, 1.54) is 4.52 Å². The van der Waals surface area contributed by atoms with Gasteiger partial charge >= 0.3 is 0 Å². The van der Waals surface area contributed by atoms with Crippen LogP contribution in [0.15, 0.2) is 23.1 Å². The molecule has 0 bridgehead atoms. The lowest BCUT2D eigenvalue weighted by Gasteiger charge is -2.32. The first kappa shape index (κ1) is 17.5. The van der Waals surface area contributed by atoms with Gasteiger partial charge in [0.1, 0.15) is 0 Å². The van der Waals surface area contributed by atoms with Crippen LogP contribution in [-0.2, 0) is 13.5 Å². The summed E-state index contributed by atoms with van der Waals surface area (Å²) in [6, 6.07) is 3.50. The maximum absolute atomic E-state index is 12.9. The van der Waals surface area contributed by atoms with Crippen LogP contribution in [-0.4, -0.2) is 48.3 Å². The number of carbonyl (C=O) groups excluding carboxylic acids is 1. The smallest absolute Gasteiger partial charge is 0.272 e. The van der Waals surface area contributed by atoms with Gasteiger partial charge in [-0.15, -0.1) is 0 Å². The minimum absolute atomic E-state index is 0.0185. The van der Waals surface area contributed by atoms with E-state index < -0.39 is 0 Å². The predicted molar refractivity (Wildman–Crippen MR) is 101 cm³/mol. The van der Waals surface area contributed by atoms with Crippen LogP contribution in [0.25, 0.3) is 5.65 Å². The van der Waals surface area contributed by atoms with Crippen molar-refractivity contribution in [3.63, 3.8) is 0 Å². The van der Waals surface area contributed by atoms with Gasteiger partial charge in [-0.1, -0.05) is 6.92 Å². The molecule has 4 heterocycles. The Labute approximate surface area is 156 Å². The molecule has 8 nitrogen and oxygen atoms in total. The van der Waals surface area contributed by atoms with E-state index in [-0.39, 0.29) is 17.4 Å². The minimum Gasteiger partial charge on any atom is -0.338 e. The highest BCUT2D eigenvalue weighted by molar-refractivity contribution is 5.95. The van der Waals surface area contributed by atoms with Crippen molar-refractivity contribution >= 4 is 11.6 Å². The monoisotopic (exact) mass is 368 g/mol. The molecular formula is C19H24N6O2. The van der Waals surface area contributed by atoms with E-state index >= 15 is 0 Å². The number of aromatic amines is 1. The molecule has 0 radical (unpaired) electrons. The van der Waals surface area contributed by atoms with Crippen molar-refractivity contribution in [2.45, 2.75) is 39.0 Å². The van der Waals surface area contributed by atoms with Gasteiger partial charge in [0.05, 0.1) is 11.8 Å². The third kappa shape index (κ3) is 3.05. The third-order valence-corrected chi connectivity index (χ3v) is 5.50. The number of hydrogen-bond donors (Lipinski definition) is 1. The minimum atomic E-state index is -0.0992. The Morgan fingerprint density at radius 3 is 2.89 bits per heavy atom. The summed E-state index contributed by atoms with van der Waals surface area (Å²) in [5.41, 5.74) is 3.81. The number of carbonyl (C=O) groups is 1. The molecule has 1 N–H and O–H groups in total. The fourth-order valence-electron chi connectivity index (χ4n) is 3.74. The first-order valence-electron chi connectivity index (χ1n) is 9.37. The molecule has 1 fully saturated rings. The van der Waals surface area contributed by atoms with Crippen molar-refractivity contribution in [1.29, 1.82) is 0 Å². The van der Waals surface area contributed by atoms with Gasteiger partial charge in [0.15, 0.2) is 5.65 Å². The number of fused-ring (bicyclic) bond motifs is 1. The Kier molecular flexibility index (Phi) is 4.33. The average Bonchev–Trinajstić information content (AvgIpc) is 3.25. The van der Waals surface area contributed by atoms with Crippen LogP contribution in [0.3, 0.4) is 0 Å². The Morgan fingerprint density at radius 2 is 2.19 bits per heavy atom. The number of amides is 1. The highest BCUT2D eigenvalue weighted by atomic mass is 16.2. The van der Waals surface area contributed by atoms with Crippen molar-refractivity contribution in [2.24, 2.45) is 7.05 Å². The molecule has 3 aromatic heterocycles. The number of aryl methyl sites for hydroxylation is 2. The molecule has 1 amide bonds. The largest absolute Gasteiger partial charge is 0.338 e. The van der Waals surface area contributed by atoms with E-state index in [4.69, 9.17) is 0 Å². The summed E-state index contributed by atoms with van der Waals surface area (Å²) in [5, 5.41) is 7.37. The summed E-state index contributed by atoms with van der Waals surface area (Å²) in [6.07, 6.45) is 4.26. The lowest BCUT2D eigenvalue weighted by Crippen LogP contribution is -2.39. The number of rotatable bonds is 3. The summed E-state index contributed by atoms with van der Waals surface area (Å²) in [5.74, 6) is 0.177. The summed E-state index contributed by atoms with van der Waals surface area (Å²) in [7, 11) is 1.84. The van der Waals surface area contributed by atoms with E-state index in [0.717, 1.165) is 42.9 Å². The molecule has 0 aromatic carbocycles. The second-order valence-electron chi connectivity index (χ2n) is 7.20. The Morgan fingerprint density at radius 1 is 1.37 bits per heavy atom. The molecule has 0 saturated carbocycles. The lowest BCUT2D eigenvalue weighted by atomic mass is 9.94. The van der Waals surface area contributed by atoms with Crippen molar-refractivity contribution in [1.82, 2.24) is 29.3 Å². The molecule has 0 spiro atoms. The van der Waals surface area contributed by atoms with Crippen molar-refractivity contribution in [3.8, 4) is 0 Å². The second kappa shape index (κ2) is 6.68. The van der Waals surface area contributed by atoms with Gasteiger partial charge in [0.25, 0.3) is 11.5 Å². The molecule has 1 aliphatic heterocycles. The van der Waals surface area contributed by atoms with Gasteiger partial charge in [-0.3, -0.25) is 19.4 Å². The molecule has 142 valence electrons. The van der Waals surface area contributed by atoms with E-state index in [1.54, 1.807) is 16.9 Å². The first-order chi connectivity index (χ1) is 13.0. The molecule has 4 rings (SSSR count). The van der Waals surface area contributed by atoms with Crippen LogP contribution in [0.5, 0.6) is 0 Å². The van der Waals surface area contributed by atoms with Gasteiger partial charge in [0, 0.05) is 55.3 Å². The van der Waals surface area contributed by atoms with Crippen LogP contribution in [0.1, 0.15) is 53.1 Å². The standard InChI is InChI=1S/C19H24N6O2/c1-4-14-8-18(26)25-17(21-14)9-16(22-25)13-6-5-7-24(11-13)19(27)15-10-20-23(3)12(15)2/h8-10,13,22H,4-7,11H2,1-3H3. The zero-order valence-corrected chi connectivity index (χ0v) is 15.9. The van der Waals surface area contributed by atoms with Crippen LogP contribution in [0.2, 0.25) is 0 Å². The first-order valence-corrected chi connectivity index (χ1v) is 9.37. The van der Waals surface area contributed by atoms with Crippen LogP contribution in [0, 0.1) is 6.92 Å². The van der Waals surface area contributed by atoms with Gasteiger partial charge < -0.3 is 4.90 Å². The Hall–Kier alpha value is -2.90. The summed E-state index contributed by atoms with van der Waals surface area (Å²) in [4.78, 5) is 31.6. The van der Waals surface area contributed by atoms with Gasteiger partial charge in [-0.05, 0) is 26.2 Å². The Bertz CT molecular complexity index is 1060. The van der Waals surface area contributed by atoms with Crippen LogP contribution >= 0.6 is 0 Å². The molecule has 1 unspecified atom stereocenters. The van der Waals surface area contributed by atoms with Gasteiger partial charge in [-0.2, -0.15) is 5.10 Å². The average molecular weight is 368 g/mol. The number of hydrogen-bond acceptors (Lipinski definition) is 4. The molecular weight excluding hydrogens is 344 g/mol. The second-order valence-corrected chi connectivity index (χ2v) is 7.20. The number of H-pyrrole nitrogens is 1. The number of aromatic nitrogens is 5. The highest BCUT2D eigenvalue weighted by Crippen LogP contribution is 2.27. The van der Waals surface area contributed by atoms with Crippen LogP contribution < -0.4 is 5.56 Å². The van der Waals surface area contributed by atoms with E-state index in [0.29, 0.717) is 17.8 Å². The SMILES string of the molecule is CCc1cc(=O)n2[nH]c(C3CCCN(C(=O)c4cnn(C)c4C)C3)cc2n1. The zero-order valence-electron chi connectivity index (χ0n) is 15.9. The van der Waals surface area contributed by atoms with Gasteiger partial charge in [-0.25, -0.2) is 9.50 Å². The normalized spacial score (nSPS) is 17.6. The van der Waals surface area contributed by atoms with Crippen molar-refractivity contribution < 1.29 is 4.79 Å². The molecule has 1 aliphatic rings. The number of piperidine rings is 1. The summed E-state index contributed by atoms with van der Waals surface area (Å²) in [6.45, 7) is 5.25. The fourth-order valence-corrected chi connectivity index (χ4v) is 3.74. The summed E-state index contributed by atoms with van der Waals surface area (Å²) >= 11 is 0. The van der Waals surface area contributed by atoms with Gasteiger partial charge in [0.2, 0.25) is 0 Å². The van der Waals surface area contributed by atoms with E-state index in [2.05, 4.69) is 15.2 Å². The summed E-state index contributed by atoms with van der Waals surface area (Å²) < 4.78 is 3.20. The quantitative estimate of drug-likeness (QED) is 0.761. The molecule has 1 atom stereocenters. The Balaban J connectivity index is 1.60. The number of likely N-dealkylation sites (tertiary alicyclic amines) is 1. The fraction of sp³-hybridized carbons (Fsp3) is 0.474. The molecule has 8 heteroatoms. The van der Waals surface area contributed by atoms with Crippen molar-refractivity contribution in [2.75, 3.05) is 13.1 Å². The number of nitrogens with zero attached hydrogens (tertiary/aromatic N) is 5. The predicted octanol–water partition coefficient (Wildman–Crippen LogP) is 1.65. The van der Waals surface area contributed by atoms with Crippen molar-refractivity contribution in [3.05, 3.63) is 51.3 Å². The third-order valence-electron chi connectivity index (χ3n) is 5.50. The van der Waals surface area contributed by atoms with Crippen LogP contribution in [0.4, 0.5) is 0 Å². The highest BCUT2D eigenvalue weighted by Gasteiger charge is 2.28. The zero-order chi connectivity index (χ0) is 19.1. The molecule has 1 saturated heterocycles. The topological polar surface area (TPSA) is 88.3 Å². The molecule has 3 aromatic rings. The molecule has 0 aliphatic carbocycles. The van der Waals surface area contributed by atoms with E-state index in [9.17, 15) is 9.59 Å². The number of nitrogens with one attached hydrogen (secondary N) is 1. The lowest BCUT2D eigenvalue weighted by molar-refractivity contribution is 0.0705. The maximum atomic E-state index is 12.9.